The topological polar surface area (TPSA) is 38.8 Å². The van der Waals surface area contributed by atoms with E-state index in [0.29, 0.717) is 36.2 Å². The third-order valence-corrected chi connectivity index (χ3v) is 3.63. The third kappa shape index (κ3) is 4.03. The third-order valence-electron chi connectivity index (χ3n) is 3.35. The summed E-state index contributed by atoms with van der Waals surface area (Å²) in [6.45, 7) is 6.77. The summed E-state index contributed by atoms with van der Waals surface area (Å²) in [5.74, 6) is 1.35. The molecule has 0 fully saturated rings. The summed E-state index contributed by atoms with van der Waals surface area (Å²) in [4.78, 5) is 14.3. The van der Waals surface area contributed by atoms with Crippen molar-refractivity contribution in [1.29, 1.82) is 0 Å². The van der Waals surface area contributed by atoms with Crippen molar-refractivity contribution in [1.82, 2.24) is 4.90 Å². The number of carbonyl (C=O) groups is 1. The van der Waals surface area contributed by atoms with Gasteiger partial charge in [0.25, 0.3) is 0 Å². The summed E-state index contributed by atoms with van der Waals surface area (Å²) in [6, 6.07) is 3.65. The highest BCUT2D eigenvalue weighted by atomic mass is 35.5. The zero-order chi connectivity index (χ0) is 15.2. The zero-order valence-corrected chi connectivity index (χ0v) is 13.4. The molecule has 0 atom stereocenters. The molecule has 116 valence electrons. The van der Waals surface area contributed by atoms with Gasteiger partial charge in [-0.2, -0.15) is 0 Å². The Balaban J connectivity index is 2.11. The SMILES string of the molecule is CCCN(CCC)C(=O)Cc1cc(Cl)c2c(c1)OCCO2. The van der Waals surface area contributed by atoms with Crippen LogP contribution in [0, 0.1) is 0 Å². The van der Waals surface area contributed by atoms with Crippen LogP contribution in [0.2, 0.25) is 5.02 Å². The molecule has 0 radical (unpaired) electrons. The molecule has 4 nitrogen and oxygen atoms in total. The molecule has 1 aliphatic heterocycles. The van der Waals surface area contributed by atoms with Crippen LogP contribution in [0.5, 0.6) is 11.5 Å². The summed E-state index contributed by atoms with van der Waals surface area (Å²) < 4.78 is 11.0. The number of hydrogen-bond acceptors (Lipinski definition) is 3. The van der Waals surface area contributed by atoms with Gasteiger partial charge in [0.1, 0.15) is 13.2 Å². The smallest absolute Gasteiger partial charge is 0.226 e. The number of rotatable bonds is 6. The Bertz CT molecular complexity index is 499. The number of hydrogen-bond donors (Lipinski definition) is 0. The lowest BCUT2D eigenvalue weighted by molar-refractivity contribution is -0.130. The van der Waals surface area contributed by atoms with Gasteiger partial charge in [0, 0.05) is 13.1 Å². The van der Waals surface area contributed by atoms with E-state index in [0.717, 1.165) is 31.5 Å². The van der Waals surface area contributed by atoms with Crippen LogP contribution in [0.15, 0.2) is 12.1 Å². The Hall–Kier alpha value is -1.42. The van der Waals surface area contributed by atoms with E-state index in [2.05, 4.69) is 13.8 Å². The van der Waals surface area contributed by atoms with Crippen molar-refractivity contribution in [3.8, 4) is 11.5 Å². The fourth-order valence-electron chi connectivity index (χ4n) is 2.45. The highest BCUT2D eigenvalue weighted by Crippen LogP contribution is 2.38. The first-order valence-corrected chi connectivity index (χ1v) is 7.89. The minimum absolute atomic E-state index is 0.131. The molecule has 1 heterocycles. The fourth-order valence-corrected chi connectivity index (χ4v) is 2.74. The zero-order valence-electron chi connectivity index (χ0n) is 12.7. The number of benzene rings is 1. The summed E-state index contributed by atoms with van der Waals surface area (Å²) in [6.07, 6.45) is 2.28. The quantitative estimate of drug-likeness (QED) is 0.809. The second-order valence-corrected chi connectivity index (χ2v) is 5.57. The first-order chi connectivity index (χ1) is 10.2. The van der Waals surface area contributed by atoms with Crippen molar-refractivity contribution in [3.05, 3.63) is 22.7 Å². The molecule has 0 saturated heterocycles. The number of fused-ring (bicyclic) bond motifs is 1. The minimum Gasteiger partial charge on any atom is -0.486 e. The Morgan fingerprint density at radius 1 is 1.19 bits per heavy atom. The molecule has 1 aromatic rings. The van der Waals surface area contributed by atoms with Gasteiger partial charge in [0.05, 0.1) is 11.4 Å². The lowest BCUT2D eigenvalue weighted by Gasteiger charge is -2.23. The van der Waals surface area contributed by atoms with Crippen molar-refractivity contribution >= 4 is 17.5 Å². The van der Waals surface area contributed by atoms with Gasteiger partial charge in [-0.25, -0.2) is 0 Å². The van der Waals surface area contributed by atoms with Crippen molar-refractivity contribution in [2.45, 2.75) is 33.1 Å². The maximum atomic E-state index is 12.4. The molecule has 0 aromatic heterocycles. The maximum Gasteiger partial charge on any atom is 0.226 e. The van der Waals surface area contributed by atoms with Crippen molar-refractivity contribution in [3.63, 3.8) is 0 Å². The van der Waals surface area contributed by atoms with Crippen LogP contribution in [0.1, 0.15) is 32.3 Å². The van der Waals surface area contributed by atoms with Gasteiger partial charge in [0.15, 0.2) is 11.5 Å². The molecule has 1 aliphatic rings. The van der Waals surface area contributed by atoms with Gasteiger partial charge in [-0.3, -0.25) is 4.79 Å². The standard InChI is InChI=1S/C16H22ClNO3/c1-3-5-18(6-4-2)15(19)11-12-9-13(17)16-14(10-12)20-7-8-21-16/h9-10H,3-8,11H2,1-2H3. The first kappa shape index (κ1) is 16.0. The molecule has 0 bridgehead atoms. The van der Waals surface area contributed by atoms with E-state index < -0.39 is 0 Å². The molecule has 5 heteroatoms. The molecular weight excluding hydrogens is 290 g/mol. The van der Waals surface area contributed by atoms with Gasteiger partial charge in [-0.1, -0.05) is 25.4 Å². The van der Waals surface area contributed by atoms with Gasteiger partial charge in [-0.05, 0) is 30.5 Å². The van der Waals surface area contributed by atoms with Crippen molar-refractivity contribution in [2.75, 3.05) is 26.3 Å². The van der Waals surface area contributed by atoms with Crippen LogP contribution < -0.4 is 9.47 Å². The Morgan fingerprint density at radius 3 is 2.52 bits per heavy atom. The van der Waals surface area contributed by atoms with E-state index in [1.54, 1.807) is 6.07 Å². The number of amides is 1. The number of nitrogens with zero attached hydrogens (tertiary/aromatic N) is 1. The van der Waals surface area contributed by atoms with Gasteiger partial charge < -0.3 is 14.4 Å². The minimum atomic E-state index is 0.131. The van der Waals surface area contributed by atoms with E-state index in [-0.39, 0.29) is 5.91 Å². The second kappa shape index (κ2) is 7.55. The maximum absolute atomic E-state index is 12.4. The molecule has 0 spiro atoms. The summed E-state index contributed by atoms with van der Waals surface area (Å²) in [5.41, 5.74) is 0.867. The molecule has 0 saturated carbocycles. The summed E-state index contributed by atoms with van der Waals surface area (Å²) in [5, 5.41) is 0.507. The lowest BCUT2D eigenvalue weighted by Crippen LogP contribution is -2.33. The van der Waals surface area contributed by atoms with E-state index in [4.69, 9.17) is 21.1 Å². The molecule has 0 unspecified atom stereocenters. The second-order valence-electron chi connectivity index (χ2n) is 5.16. The predicted octanol–water partition coefficient (Wildman–Crippen LogP) is 3.30. The van der Waals surface area contributed by atoms with Crippen LogP contribution in [0.25, 0.3) is 0 Å². The van der Waals surface area contributed by atoms with Crippen LogP contribution in [0.4, 0.5) is 0 Å². The Morgan fingerprint density at radius 2 is 1.86 bits per heavy atom. The predicted molar refractivity (Wildman–Crippen MR) is 83.3 cm³/mol. The van der Waals surface area contributed by atoms with E-state index in [9.17, 15) is 4.79 Å². The van der Waals surface area contributed by atoms with E-state index in [1.807, 2.05) is 11.0 Å². The highest BCUT2D eigenvalue weighted by molar-refractivity contribution is 6.32. The molecule has 1 amide bonds. The van der Waals surface area contributed by atoms with Gasteiger partial charge in [0.2, 0.25) is 5.91 Å². The fraction of sp³-hybridized carbons (Fsp3) is 0.562. The van der Waals surface area contributed by atoms with Gasteiger partial charge >= 0.3 is 0 Å². The van der Waals surface area contributed by atoms with Gasteiger partial charge in [-0.15, -0.1) is 0 Å². The molecule has 0 aliphatic carbocycles. The van der Waals surface area contributed by atoms with Crippen LogP contribution in [-0.4, -0.2) is 37.1 Å². The monoisotopic (exact) mass is 311 g/mol. The first-order valence-electron chi connectivity index (χ1n) is 7.51. The Labute approximate surface area is 131 Å². The average Bonchev–Trinajstić information content (AvgIpc) is 2.47. The normalized spacial score (nSPS) is 13.1. The molecule has 21 heavy (non-hydrogen) atoms. The highest BCUT2D eigenvalue weighted by Gasteiger charge is 2.19. The van der Waals surface area contributed by atoms with Crippen LogP contribution >= 0.6 is 11.6 Å². The van der Waals surface area contributed by atoms with E-state index in [1.165, 1.54) is 0 Å². The van der Waals surface area contributed by atoms with E-state index >= 15 is 0 Å². The summed E-state index contributed by atoms with van der Waals surface area (Å²) in [7, 11) is 0. The molecule has 1 aromatic carbocycles. The van der Waals surface area contributed by atoms with Crippen molar-refractivity contribution in [2.24, 2.45) is 0 Å². The molecule has 0 N–H and O–H groups in total. The van der Waals surface area contributed by atoms with Crippen molar-refractivity contribution < 1.29 is 14.3 Å². The van der Waals surface area contributed by atoms with Crippen LogP contribution in [0.3, 0.4) is 0 Å². The number of carbonyl (C=O) groups excluding carboxylic acids is 1. The molecule has 2 rings (SSSR count). The number of halogens is 1. The average molecular weight is 312 g/mol. The largest absolute Gasteiger partial charge is 0.486 e. The summed E-state index contributed by atoms with van der Waals surface area (Å²) >= 11 is 6.20. The number of ether oxygens (including phenoxy) is 2. The molecular formula is C16H22ClNO3. The van der Waals surface area contributed by atoms with Crippen LogP contribution in [-0.2, 0) is 11.2 Å². The Kier molecular flexibility index (Phi) is 5.74. The lowest BCUT2D eigenvalue weighted by atomic mass is 10.1.